The molecule has 0 aliphatic carbocycles. The molecule has 1 heterocycles. The van der Waals surface area contributed by atoms with Gasteiger partial charge in [0.25, 0.3) is 0 Å². The highest BCUT2D eigenvalue weighted by Crippen LogP contribution is 2.22. The van der Waals surface area contributed by atoms with Crippen molar-refractivity contribution in [3.05, 3.63) is 42.5 Å². The van der Waals surface area contributed by atoms with Gasteiger partial charge >= 0.3 is 0 Å². The van der Waals surface area contributed by atoms with Crippen molar-refractivity contribution in [1.82, 2.24) is 14.9 Å². The number of nitrogens with one attached hydrogen (secondary N) is 2. The number of methoxy groups -OCH3 is 1. The highest BCUT2D eigenvalue weighted by atomic mass is 32.1. The quantitative estimate of drug-likeness (QED) is 0.607. The first kappa shape index (κ1) is 16.3. The van der Waals surface area contributed by atoms with Crippen LogP contribution in [0.2, 0.25) is 0 Å². The standard InChI is InChI=1S/C16H22N4OS/c1-3-13-11-14(5-6-15(13)21-2)19-16(22)18-7-4-9-20-10-8-17-12-20/h5-6,8,10-12H,3-4,7,9H2,1-2H3,(H2,18,19,22). The molecule has 0 amide bonds. The zero-order valence-corrected chi connectivity index (χ0v) is 13.8. The van der Waals surface area contributed by atoms with Crippen molar-refractivity contribution in [2.45, 2.75) is 26.3 Å². The van der Waals surface area contributed by atoms with Crippen LogP contribution < -0.4 is 15.4 Å². The van der Waals surface area contributed by atoms with Gasteiger partial charge in [-0.1, -0.05) is 6.92 Å². The number of anilines is 1. The second kappa shape index (κ2) is 8.38. The minimum atomic E-state index is 0.637. The summed E-state index contributed by atoms with van der Waals surface area (Å²) in [7, 11) is 1.69. The van der Waals surface area contributed by atoms with E-state index in [1.807, 2.05) is 24.7 Å². The van der Waals surface area contributed by atoms with Gasteiger partial charge in [0, 0.05) is 31.2 Å². The highest BCUT2D eigenvalue weighted by Gasteiger charge is 2.04. The van der Waals surface area contributed by atoms with Gasteiger partial charge in [-0.25, -0.2) is 4.98 Å². The molecule has 2 N–H and O–H groups in total. The third-order valence-corrected chi connectivity index (χ3v) is 3.60. The molecule has 118 valence electrons. The molecule has 0 radical (unpaired) electrons. The molecule has 2 aromatic rings. The fourth-order valence-electron chi connectivity index (χ4n) is 2.19. The fourth-order valence-corrected chi connectivity index (χ4v) is 2.41. The van der Waals surface area contributed by atoms with Crippen LogP contribution in [0.1, 0.15) is 18.9 Å². The predicted molar refractivity (Wildman–Crippen MR) is 93.4 cm³/mol. The Labute approximate surface area is 136 Å². The molecule has 0 saturated carbocycles. The Bertz CT molecular complexity index is 598. The summed E-state index contributed by atoms with van der Waals surface area (Å²) in [6.07, 6.45) is 7.47. The number of nitrogens with zero attached hydrogens (tertiary/aromatic N) is 2. The number of imidazole rings is 1. The van der Waals surface area contributed by atoms with E-state index in [1.165, 1.54) is 0 Å². The smallest absolute Gasteiger partial charge is 0.170 e. The second-order valence-electron chi connectivity index (χ2n) is 4.92. The maximum absolute atomic E-state index is 5.33. The Morgan fingerprint density at radius 2 is 2.27 bits per heavy atom. The molecule has 0 aliphatic heterocycles. The third kappa shape index (κ3) is 4.73. The highest BCUT2D eigenvalue weighted by molar-refractivity contribution is 7.80. The average Bonchev–Trinajstić information content (AvgIpc) is 3.04. The minimum Gasteiger partial charge on any atom is -0.496 e. The predicted octanol–water partition coefficient (Wildman–Crippen LogP) is 2.83. The Hall–Kier alpha value is -2.08. The second-order valence-corrected chi connectivity index (χ2v) is 5.32. The van der Waals surface area contributed by atoms with Crippen LogP contribution in [0.4, 0.5) is 5.69 Å². The molecule has 0 aliphatic rings. The van der Waals surface area contributed by atoms with Crippen LogP contribution in [0.3, 0.4) is 0 Å². The molecule has 1 aromatic heterocycles. The molecule has 0 spiro atoms. The summed E-state index contributed by atoms with van der Waals surface area (Å²) in [5, 5.41) is 7.06. The van der Waals surface area contributed by atoms with Crippen molar-refractivity contribution in [1.29, 1.82) is 0 Å². The lowest BCUT2D eigenvalue weighted by Gasteiger charge is -2.13. The number of thiocarbonyl (C=S) groups is 1. The number of aryl methyl sites for hydroxylation is 2. The van der Waals surface area contributed by atoms with Gasteiger partial charge < -0.3 is 19.9 Å². The number of hydrogen-bond donors (Lipinski definition) is 2. The Morgan fingerprint density at radius 1 is 1.41 bits per heavy atom. The molecule has 1 aromatic carbocycles. The van der Waals surface area contributed by atoms with Crippen molar-refractivity contribution in [3.63, 3.8) is 0 Å². The number of benzene rings is 1. The van der Waals surface area contributed by atoms with Crippen molar-refractivity contribution >= 4 is 23.0 Å². The van der Waals surface area contributed by atoms with E-state index < -0.39 is 0 Å². The van der Waals surface area contributed by atoms with Crippen LogP contribution in [-0.2, 0) is 13.0 Å². The van der Waals surface area contributed by atoms with Gasteiger partial charge in [0.15, 0.2) is 5.11 Å². The summed E-state index contributed by atoms with van der Waals surface area (Å²) in [5.41, 5.74) is 2.14. The van der Waals surface area contributed by atoms with Crippen LogP contribution in [0.15, 0.2) is 36.9 Å². The van der Waals surface area contributed by atoms with Gasteiger partial charge in [0.2, 0.25) is 0 Å². The first-order chi connectivity index (χ1) is 10.7. The SMILES string of the molecule is CCc1cc(NC(=S)NCCCn2ccnc2)ccc1OC. The summed E-state index contributed by atoms with van der Waals surface area (Å²) >= 11 is 5.32. The largest absolute Gasteiger partial charge is 0.496 e. The van der Waals surface area contributed by atoms with Gasteiger partial charge in [-0.3, -0.25) is 0 Å². The van der Waals surface area contributed by atoms with Crippen LogP contribution in [-0.4, -0.2) is 28.3 Å². The van der Waals surface area contributed by atoms with E-state index >= 15 is 0 Å². The molecular formula is C16H22N4OS. The van der Waals surface area contributed by atoms with Crippen LogP contribution >= 0.6 is 12.2 Å². The topological polar surface area (TPSA) is 51.1 Å². The van der Waals surface area contributed by atoms with Crippen LogP contribution in [0, 0.1) is 0 Å². The molecule has 0 fully saturated rings. The first-order valence-corrected chi connectivity index (χ1v) is 7.81. The lowest BCUT2D eigenvalue weighted by Crippen LogP contribution is -2.29. The fraction of sp³-hybridized carbons (Fsp3) is 0.375. The molecule has 0 bridgehead atoms. The molecule has 0 unspecified atom stereocenters. The van der Waals surface area contributed by atoms with Crippen molar-refractivity contribution in [3.8, 4) is 5.75 Å². The summed E-state index contributed by atoms with van der Waals surface area (Å²) in [5.74, 6) is 0.909. The van der Waals surface area contributed by atoms with Gasteiger partial charge in [0.1, 0.15) is 5.75 Å². The number of ether oxygens (including phenoxy) is 1. The third-order valence-electron chi connectivity index (χ3n) is 3.36. The van der Waals surface area contributed by atoms with Gasteiger partial charge in [-0.2, -0.15) is 0 Å². The number of hydrogen-bond acceptors (Lipinski definition) is 3. The Morgan fingerprint density at radius 3 is 2.95 bits per heavy atom. The van der Waals surface area contributed by atoms with E-state index in [9.17, 15) is 0 Å². The normalized spacial score (nSPS) is 10.3. The van der Waals surface area contributed by atoms with E-state index in [-0.39, 0.29) is 0 Å². The molecular weight excluding hydrogens is 296 g/mol. The summed E-state index contributed by atoms with van der Waals surface area (Å²) < 4.78 is 7.38. The van der Waals surface area contributed by atoms with Gasteiger partial charge in [-0.15, -0.1) is 0 Å². The summed E-state index contributed by atoms with van der Waals surface area (Å²) in [6.45, 7) is 3.85. The van der Waals surface area contributed by atoms with Crippen molar-refractivity contribution in [2.24, 2.45) is 0 Å². The van der Waals surface area contributed by atoms with E-state index in [0.717, 1.165) is 42.9 Å². The Kier molecular flexibility index (Phi) is 6.21. The lowest BCUT2D eigenvalue weighted by molar-refractivity contribution is 0.410. The molecule has 2 rings (SSSR count). The van der Waals surface area contributed by atoms with E-state index in [1.54, 1.807) is 13.3 Å². The molecule has 22 heavy (non-hydrogen) atoms. The van der Waals surface area contributed by atoms with Gasteiger partial charge in [-0.05, 0) is 48.8 Å². The van der Waals surface area contributed by atoms with E-state index in [2.05, 4.69) is 33.2 Å². The van der Waals surface area contributed by atoms with Crippen molar-refractivity contribution in [2.75, 3.05) is 19.0 Å². The zero-order valence-electron chi connectivity index (χ0n) is 13.0. The van der Waals surface area contributed by atoms with Crippen LogP contribution in [0.25, 0.3) is 0 Å². The lowest BCUT2D eigenvalue weighted by atomic mass is 10.1. The summed E-state index contributed by atoms with van der Waals surface area (Å²) in [4.78, 5) is 4.02. The maximum atomic E-state index is 5.33. The molecule has 6 heteroatoms. The zero-order chi connectivity index (χ0) is 15.8. The van der Waals surface area contributed by atoms with Crippen molar-refractivity contribution < 1.29 is 4.74 Å². The summed E-state index contributed by atoms with van der Waals surface area (Å²) in [6, 6.07) is 6.00. The number of rotatable bonds is 7. The average molecular weight is 318 g/mol. The molecule has 0 saturated heterocycles. The molecule has 5 nitrogen and oxygen atoms in total. The van der Waals surface area contributed by atoms with Gasteiger partial charge in [0.05, 0.1) is 13.4 Å². The number of aromatic nitrogens is 2. The molecule has 0 atom stereocenters. The first-order valence-electron chi connectivity index (χ1n) is 7.40. The maximum Gasteiger partial charge on any atom is 0.170 e. The monoisotopic (exact) mass is 318 g/mol. The Balaban J connectivity index is 1.76. The van der Waals surface area contributed by atoms with E-state index in [0.29, 0.717) is 5.11 Å². The van der Waals surface area contributed by atoms with Crippen LogP contribution in [0.5, 0.6) is 5.75 Å². The van der Waals surface area contributed by atoms with E-state index in [4.69, 9.17) is 17.0 Å². The minimum absolute atomic E-state index is 0.637.